The molecule has 0 atom stereocenters. The van der Waals surface area contributed by atoms with Crippen LogP contribution in [0.5, 0.6) is 0 Å². The van der Waals surface area contributed by atoms with Crippen LogP contribution in [-0.2, 0) is 0 Å². The number of nitrogens with one attached hydrogen (secondary N) is 2. The number of hydrogen-bond acceptors (Lipinski definition) is 2. The van der Waals surface area contributed by atoms with E-state index in [0.717, 1.165) is 25.7 Å². The van der Waals surface area contributed by atoms with Crippen molar-refractivity contribution in [3.8, 4) is 0 Å². The van der Waals surface area contributed by atoms with Crippen LogP contribution in [0.3, 0.4) is 0 Å². The molecule has 2 saturated carbocycles. The number of nitrogens with zero attached hydrogens (tertiary/aromatic N) is 1. The van der Waals surface area contributed by atoms with Gasteiger partial charge in [0.25, 0.3) is 0 Å². The molecule has 0 spiro atoms. The Bertz CT molecular complexity index is 329. The third kappa shape index (κ3) is 4.61. The van der Waals surface area contributed by atoms with Gasteiger partial charge in [-0.25, -0.2) is 9.59 Å². The summed E-state index contributed by atoms with van der Waals surface area (Å²) >= 11 is 0. The van der Waals surface area contributed by atoms with E-state index in [-0.39, 0.29) is 12.1 Å². The lowest BCUT2D eigenvalue weighted by molar-refractivity contribution is 0.106. The molecule has 4 amide bonds. The maximum absolute atomic E-state index is 12.6. The summed E-state index contributed by atoms with van der Waals surface area (Å²) in [4.78, 5) is 26.2. The summed E-state index contributed by atoms with van der Waals surface area (Å²) in [5.41, 5.74) is 0. The monoisotopic (exact) mass is 295 g/mol. The fourth-order valence-electron chi connectivity index (χ4n) is 3.71. The van der Waals surface area contributed by atoms with E-state index in [1.54, 1.807) is 0 Å². The van der Waals surface area contributed by atoms with E-state index >= 15 is 0 Å². The van der Waals surface area contributed by atoms with Crippen molar-refractivity contribution in [3.05, 3.63) is 0 Å². The van der Waals surface area contributed by atoms with Crippen LogP contribution in [0.2, 0.25) is 0 Å². The van der Waals surface area contributed by atoms with E-state index in [1.807, 2.05) is 11.8 Å². The van der Waals surface area contributed by atoms with Crippen molar-refractivity contribution in [2.75, 3.05) is 6.54 Å². The highest BCUT2D eigenvalue weighted by Crippen LogP contribution is 2.30. The van der Waals surface area contributed by atoms with E-state index in [4.69, 9.17) is 0 Å². The standard InChI is InChI=1S/C16H29N3O2/c1-2-17-15(20)18-16(21)19(13-9-5-3-6-10-13)14-11-7-4-8-12-14/h13-14H,2-12H2,1H3,(H2,17,18,20,21). The van der Waals surface area contributed by atoms with Gasteiger partial charge in [-0.1, -0.05) is 38.5 Å². The van der Waals surface area contributed by atoms with Gasteiger partial charge in [-0.3, -0.25) is 5.32 Å². The fourth-order valence-corrected chi connectivity index (χ4v) is 3.71. The fraction of sp³-hybridized carbons (Fsp3) is 0.875. The predicted octanol–water partition coefficient (Wildman–Crippen LogP) is 3.39. The smallest absolute Gasteiger partial charge is 0.325 e. The molecule has 2 N–H and O–H groups in total. The molecule has 2 aliphatic rings. The van der Waals surface area contributed by atoms with Gasteiger partial charge < -0.3 is 10.2 Å². The lowest BCUT2D eigenvalue weighted by atomic mass is 9.89. The molecule has 5 nitrogen and oxygen atoms in total. The highest BCUT2D eigenvalue weighted by Gasteiger charge is 2.33. The first kappa shape index (κ1) is 16.1. The average molecular weight is 295 g/mol. The summed E-state index contributed by atoms with van der Waals surface area (Å²) in [6.07, 6.45) is 11.7. The van der Waals surface area contributed by atoms with Gasteiger partial charge in [0.05, 0.1) is 0 Å². The number of amides is 4. The Kier molecular flexibility index (Phi) is 6.33. The summed E-state index contributed by atoms with van der Waals surface area (Å²) in [6, 6.07) is 0.0615. The summed E-state index contributed by atoms with van der Waals surface area (Å²) in [6.45, 7) is 2.38. The maximum atomic E-state index is 12.6. The molecular formula is C16H29N3O2. The molecule has 0 radical (unpaired) electrons. The Morgan fingerprint density at radius 2 is 1.38 bits per heavy atom. The summed E-state index contributed by atoms with van der Waals surface area (Å²) < 4.78 is 0. The second-order valence-electron chi connectivity index (χ2n) is 6.28. The van der Waals surface area contributed by atoms with Gasteiger partial charge in [0.1, 0.15) is 0 Å². The quantitative estimate of drug-likeness (QED) is 0.838. The zero-order valence-corrected chi connectivity index (χ0v) is 13.2. The van der Waals surface area contributed by atoms with Crippen LogP contribution in [-0.4, -0.2) is 35.6 Å². The van der Waals surface area contributed by atoms with Crippen molar-refractivity contribution in [1.82, 2.24) is 15.5 Å². The maximum Gasteiger partial charge on any atom is 0.325 e. The van der Waals surface area contributed by atoms with Crippen molar-refractivity contribution >= 4 is 12.1 Å². The van der Waals surface area contributed by atoms with Gasteiger partial charge in [-0.15, -0.1) is 0 Å². The van der Waals surface area contributed by atoms with Crippen molar-refractivity contribution in [1.29, 1.82) is 0 Å². The highest BCUT2D eigenvalue weighted by atomic mass is 16.2. The third-order valence-electron chi connectivity index (χ3n) is 4.73. The third-order valence-corrected chi connectivity index (χ3v) is 4.73. The number of hydrogen-bond donors (Lipinski definition) is 2. The van der Waals surface area contributed by atoms with Gasteiger partial charge in [0.2, 0.25) is 0 Å². The van der Waals surface area contributed by atoms with Gasteiger partial charge >= 0.3 is 12.1 Å². The Morgan fingerprint density at radius 1 is 0.905 bits per heavy atom. The largest absolute Gasteiger partial charge is 0.338 e. The normalized spacial score (nSPS) is 20.8. The van der Waals surface area contributed by atoms with Crippen LogP contribution < -0.4 is 10.6 Å². The number of carbonyl (C=O) groups is 2. The van der Waals surface area contributed by atoms with Crippen LogP contribution in [0.4, 0.5) is 9.59 Å². The molecule has 0 heterocycles. The van der Waals surface area contributed by atoms with Crippen LogP contribution in [0, 0.1) is 0 Å². The number of carbonyl (C=O) groups excluding carboxylic acids is 2. The van der Waals surface area contributed by atoms with Crippen molar-refractivity contribution in [2.45, 2.75) is 83.2 Å². The van der Waals surface area contributed by atoms with Gasteiger partial charge in [0, 0.05) is 18.6 Å². The molecule has 0 aromatic carbocycles. The zero-order valence-electron chi connectivity index (χ0n) is 13.2. The van der Waals surface area contributed by atoms with Crippen molar-refractivity contribution in [2.24, 2.45) is 0 Å². The van der Waals surface area contributed by atoms with Crippen molar-refractivity contribution < 1.29 is 9.59 Å². The minimum absolute atomic E-state index is 0.195. The molecule has 120 valence electrons. The Labute approximate surface area is 127 Å². The molecule has 2 rings (SSSR count). The van der Waals surface area contributed by atoms with Crippen LogP contribution in [0.1, 0.15) is 71.1 Å². The van der Waals surface area contributed by atoms with Crippen LogP contribution in [0.25, 0.3) is 0 Å². The van der Waals surface area contributed by atoms with E-state index in [9.17, 15) is 9.59 Å². The molecule has 0 aliphatic heterocycles. The average Bonchev–Trinajstić information content (AvgIpc) is 2.50. The minimum Gasteiger partial charge on any atom is -0.338 e. The van der Waals surface area contributed by atoms with E-state index in [1.165, 1.54) is 38.5 Å². The van der Waals surface area contributed by atoms with E-state index in [0.29, 0.717) is 18.6 Å². The predicted molar refractivity (Wildman–Crippen MR) is 83.2 cm³/mol. The Hall–Kier alpha value is -1.26. The lowest BCUT2D eigenvalue weighted by Crippen LogP contribution is -2.55. The first-order chi connectivity index (χ1) is 10.2. The molecule has 0 unspecified atom stereocenters. The number of imide groups is 1. The first-order valence-electron chi connectivity index (χ1n) is 8.59. The van der Waals surface area contributed by atoms with E-state index in [2.05, 4.69) is 10.6 Å². The van der Waals surface area contributed by atoms with Crippen LogP contribution >= 0.6 is 0 Å². The Morgan fingerprint density at radius 3 is 1.81 bits per heavy atom. The Balaban J connectivity index is 2.02. The van der Waals surface area contributed by atoms with Gasteiger partial charge in [0.15, 0.2) is 0 Å². The molecule has 0 saturated heterocycles. The minimum atomic E-state index is -0.376. The molecule has 0 aromatic heterocycles. The number of rotatable bonds is 3. The summed E-state index contributed by atoms with van der Waals surface area (Å²) in [5.74, 6) is 0. The highest BCUT2D eigenvalue weighted by molar-refractivity contribution is 5.93. The molecular weight excluding hydrogens is 266 g/mol. The van der Waals surface area contributed by atoms with E-state index < -0.39 is 0 Å². The number of urea groups is 2. The topological polar surface area (TPSA) is 61.4 Å². The summed E-state index contributed by atoms with van der Waals surface area (Å²) in [5, 5.41) is 5.15. The van der Waals surface area contributed by atoms with Crippen molar-refractivity contribution in [3.63, 3.8) is 0 Å². The molecule has 2 aliphatic carbocycles. The summed E-state index contributed by atoms with van der Waals surface area (Å²) in [7, 11) is 0. The van der Waals surface area contributed by atoms with Gasteiger partial charge in [-0.05, 0) is 32.6 Å². The molecule has 5 heteroatoms. The second kappa shape index (κ2) is 8.25. The SMILES string of the molecule is CCNC(=O)NC(=O)N(C1CCCCC1)C1CCCCC1. The molecule has 0 aromatic rings. The first-order valence-corrected chi connectivity index (χ1v) is 8.59. The molecule has 0 bridgehead atoms. The molecule has 2 fully saturated rings. The van der Waals surface area contributed by atoms with Gasteiger partial charge in [-0.2, -0.15) is 0 Å². The lowest BCUT2D eigenvalue weighted by Gasteiger charge is -2.41. The van der Waals surface area contributed by atoms with Crippen LogP contribution in [0.15, 0.2) is 0 Å². The zero-order chi connectivity index (χ0) is 15.1. The second-order valence-corrected chi connectivity index (χ2v) is 6.28. The molecule has 21 heavy (non-hydrogen) atoms.